The van der Waals surface area contributed by atoms with Crippen molar-refractivity contribution < 1.29 is 4.74 Å². The van der Waals surface area contributed by atoms with Crippen LogP contribution in [0.1, 0.15) is 33.6 Å². The Bertz CT molecular complexity index is 295. The maximum atomic E-state index is 5.01. The summed E-state index contributed by atoms with van der Waals surface area (Å²) in [7, 11) is 1.63. The van der Waals surface area contributed by atoms with Crippen LogP contribution in [0.3, 0.4) is 0 Å². The molecule has 3 nitrogen and oxygen atoms in total. The van der Waals surface area contributed by atoms with Crippen molar-refractivity contribution >= 4 is 5.69 Å². The van der Waals surface area contributed by atoms with Crippen molar-refractivity contribution in [2.75, 3.05) is 12.4 Å². The molecule has 1 heterocycles. The van der Waals surface area contributed by atoms with E-state index in [9.17, 15) is 0 Å². The standard InChI is InChI=1S/C13H22N2O/c1-10(2)5-6-11(3)15-12-7-8-13(16-4)14-9-12/h7-11,15H,5-6H2,1-4H3. The number of ether oxygens (including phenoxy) is 1. The summed E-state index contributed by atoms with van der Waals surface area (Å²) >= 11 is 0. The van der Waals surface area contributed by atoms with Crippen molar-refractivity contribution in [1.29, 1.82) is 0 Å². The molecule has 1 aromatic heterocycles. The lowest BCUT2D eigenvalue weighted by molar-refractivity contribution is 0.398. The summed E-state index contributed by atoms with van der Waals surface area (Å²) in [4.78, 5) is 4.16. The average molecular weight is 222 g/mol. The van der Waals surface area contributed by atoms with Crippen LogP contribution in [0, 0.1) is 5.92 Å². The number of hydrogen-bond donors (Lipinski definition) is 1. The number of nitrogens with one attached hydrogen (secondary N) is 1. The molecule has 0 spiro atoms. The first-order chi connectivity index (χ1) is 7.61. The molecule has 1 N–H and O–H groups in total. The molecule has 0 amide bonds. The van der Waals surface area contributed by atoms with Crippen molar-refractivity contribution in [1.82, 2.24) is 4.98 Å². The minimum Gasteiger partial charge on any atom is -0.481 e. The Balaban J connectivity index is 2.40. The van der Waals surface area contributed by atoms with Gasteiger partial charge >= 0.3 is 0 Å². The molecular formula is C13H22N2O. The van der Waals surface area contributed by atoms with Crippen LogP contribution in [-0.4, -0.2) is 18.1 Å². The zero-order valence-corrected chi connectivity index (χ0v) is 10.7. The second-order valence-corrected chi connectivity index (χ2v) is 4.61. The molecular weight excluding hydrogens is 200 g/mol. The molecule has 1 aromatic rings. The Morgan fingerprint density at radius 1 is 1.25 bits per heavy atom. The number of rotatable bonds is 6. The fourth-order valence-corrected chi connectivity index (χ4v) is 1.53. The third-order valence-corrected chi connectivity index (χ3v) is 2.54. The Labute approximate surface area is 98.2 Å². The molecule has 0 bridgehead atoms. The molecule has 3 heteroatoms. The van der Waals surface area contributed by atoms with Crippen LogP contribution in [0.4, 0.5) is 5.69 Å². The highest BCUT2D eigenvalue weighted by Gasteiger charge is 2.04. The van der Waals surface area contributed by atoms with Gasteiger partial charge in [0, 0.05) is 12.1 Å². The van der Waals surface area contributed by atoms with Gasteiger partial charge in [-0.25, -0.2) is 4.98 Å². The molecule has 0 aliphatic heterocycles. The van der Waals surface area contributed by atoms with Crippen LogP contribution in [0.15, 0.2) is 18.3 Å². The molecule has 16 heavy (non-hydrogen) atoms. The number of anilines is 1. The first-order valence-electron chi connectivity index (χ1n) is 5.88. The van der Waals surface area contributed by atoms with E-state index in [1.807, 2.05) is 18.3 Å². The lowest BCUT2D eigenvalue weighted by Gasteiger charge is -2.16. The van der Waals surface area contributed by atoms with Gasteiger partial charge in [0.2, 0.25) is 5.88 Å². The zero-order valence-electron chi connectivity index (χ0n) is 10.7. The molecule has 0 saturated heterocycles. The molecule has 0 saturated carbocycles. The first-order valence-corrected chi connectivity index (χ1v) is 5.88. The monoisotopic (exact) mass is 222 g/mol. The van der Waals surface area contributed by atoms with Gasteiger partial charge in [-0.15, -0.1) is 0 Å². The topological polar surface area (TPSA) is 34.1 Å². The van der Waals surface area contributed by atoms with Crippen LogP contribution in [-0.2, 0) is 0 Å². The average Bonchev–Trinajstić information content (AvgIpc) is 2.27. The summed E-state index contributed by atoms with van der Waals surface area (Å²) in [6.45, 7) is 6.70. The maximum absolute atomic E-state index is 5.01. The smallest absolute Gasteiger partial charge is 0.213 e. The van der Waals surface area contributed by atoms with Crippen molar-refractivity contribution in [3.8, 4) is 5.88 Å². The van der Waals surface area contributed by atoms with E-state index >= 15 is 0 Å². The normalized spacial score (nSPS) is 12.6. The van der Waals surface area contributed by atoms with Crippen LogP contribution in [0.2, 0.25) is 0 Å². The van der Waals surface area contributed by atoms with E-state index in [1.54, 1.807) is 7.11 Å². The fourth-order valence-electron chi connectivity index (χ4n) is 1.53. The van der Waals surface area contributed by atoms with Gasteiger partial charge in [-0.3, -0.25) is 0 Å². The van der Waals surface area contributed by atoms with Crippen molar-refractivity contribution in [3.63, 3.8) is 0 Å². The van der Waals surface area contributed by atoms with Gasteiger partial charge in [0.05, 0.1) is 19.0 Å². The summed E-state index contributed by atoms with van der Waals surface area (Å²) in [5, 5.41) is 3.43. The quantitative estimate of drug-likeness (QED) is 0.801. The predicted octanol–water partition coefficient (Wildman–Crippen LogP) is 3.33. The predicted molar refractivity (Wildman–Crippen MR) is 67.9 cm³/mol. The molecule has 1 rings (SSSR count). The van der Waals surface area contributed by atoms with Crippen molar-refractivity contribution in [3.05, 3.63) is 18.3 Å². The van der Waals surface area contributed by atoms with E-state index in [4.69, 9.17) is 4.74 Å². The molecule has 0 fully saturated rings. The molecule has 1 atom stereocenters. The van der Waals surface area contributed by atoms with Gasteiger partial charge in [0.1, 0.15) is 0 Å². The van der Waals surface area contributed by atoms with E-state index in [0.29, 0.717) is 11.9 Å². The van der Waals surface area contributed by atoms with Gasteiger partial charge in [-0.1, -0.05) is 13.8 Å². The molecule has 0 aliphatic rings. The zero-order chi connectivity index (χ0) is 12.0. The largest absolute Gasteiger partial charge is 0.481 e. The SMILES string of the molecule is COc1ccc(NC(C)CCC(C)C)cn1. The first kappa shape index (κ1) is 12.8. The maximum Gasteiger partial charge on any atom is 0.213 e. The van der Waals surface area contributed by atoms with E-state index in [0.717, 1.165) is 11.6 Å². The summed E-state index contributed by atoms with van der Waals surface area (Å²) in [5.74, 6) is 1.42. The van der Waals surface area contributed by atoms with Gasteiger partial charge in [-0.2, -0.15) is 0 Å². The highest BCUT2D eigenvalue weighted by atomic mass is 16.5. The van der Waals surface area contributed by atoms with Crippen molar-refractivity contribution in [2.45, 2.75) is 39.7 Å². The Morgan fingerprint density at radius 3 is 2.50 bits per heavy atom. The highest BCUT2D eigenvalue weighted by molar-refractivity contribution is 5.42. The second kappa shape index (κ2) is 6.36. The van der Waals surface area contributed by atoms with Crippen LogP contribution in [0.25, 0.3) is 0 Å². The van der Waals surface area contributed by atoms with Crippen LogP contribution in [0.5, 0.6) is 5.88 Å². The van der Waals surface area contributed by atoms with Gasteiger partial charge in [0.15, 0.2) is 0 Å². The second-order valence-electron chi connectivity index (χ2n) is 4.61. The Kier molecular flexibility index (Phi) is 5.09. The number of pyridine rings is 1. The van der Waals surface area contributed by atoms with Gasteiger partial charge < -0.3 is 10.1 Å². The van der Waals surface area contributed by atoms with E-state index in [-0.39, 0.29) is 0 Å². The minimum absolute atomic E-state index is 0.484. The highest BCUT2D eigenvalue weighted by Crippen LogP contribution is 2.14. The van der Waals surface area contributed by atoms with Crippen molar-refractivity contribution in [2.24, 2.45) is 5.92 Å². The third kappa shape index (κ3) is 4.51. The Hall–Kier alpha value is -1.25. The summed E-state index contributed by atoms with van der Waals surface area (Å²) in [6.07, 6.45) is 4.24. The van der Waals surface area contributed by atoms with Crippen LogP contribution >= 0.6 is 0 Å². The molecule has 0 aromatic carbocycles. The van der Waals surface area contributed by atoms with Crippen LogP contribution < -0.4 is 10.1 Å². The number of hydrogen-bond acceptors (Lipinski definition) is 3. The summed E-state index contributed by atoms with van der Waals surface area (Å²) < 4.78 is 5.01. The van der Waals surface area contributed by atoms with Gasteiger partial charge in [0.25, 0.3) is 0 Å². The molecule has 0 aliphatic carbocycles. The number of aromatic nitrogens is 1. The van der Waals surface area contributed by atoms with Gasteiger partial charge in [-0.05, 0) is 31.7 Å². The molecule has 1 unspecified atom stereocenters. The lowest BCUT2D eigenvalue weighted by atomic mass is 10.0. The summed E-state index contributed by atoms with van der Waals surface area (Å²) in [5.41, 5.74) is 1.05. The van der Waals surface area contributed by atoms with E-state index in [1.165, 1.54) is 12.8 Å². The molecule has 0 radical (unpaired) electrons. The Morgan fingerprint density at radius 2 is 2.00 bits per heavy atom. The minimum atomic E-state index is 0.484. The number of nitrogens with zero attached hydrogens (tertiary/aromatic N) is 1. The van der Waals surface area contributed by atoms with E-state index < -0.39 is 0 Å². The molecule has 90 valence electrons. The van der Waals surface area contributed by atoms with E-state index in [2.05, 4.69) is 31.1 Å². The number of methoxy groups -OCH3 is 1. The fraction of sp³-hybridized carbons (Fsp3) is 0.615. The summed E-state index contributed by atoms with van der Waals surface area (Å²) in [6, 6.07) is 4.35. The lowest BCUT2D eigenvalue weighted by Crippen LogP contribution is -2.15. The third-order valence-electron chi connectivity index (χ3n) is 2.54.